The summed E-state index contributed by atoms with van der Waals surface area (Å²) < 4.78 is 5.09. The highest BCUT2D eigenvalue weighted by molar-refractivity contribution is 5.95. The summed E-state index contributed by atoms with van der Waals surface area (Å²) in [5.74, 6) is -4.67. The summed E-state index contributed by atoms with van der Waals surface area (Å²) in [6, 6.07) is -1.35. The highest BCUT2D eigenvalue weighted by Gasteiger charge is 2.68. The molecule has 12 heteroatoms. The Balaban J connectivity index is 1.35. The van der Waals surface area contributed by atoms with Crippen molar-refractivity contribution in [2.75, 3.05) is 6.61 Å². The Morgan fingerprint density at radius 1 is 1.07 bits per heavy atom. The van der Waals surface area contributed by atoms with Crippen LogP contribution >= 0.6 is 0 Å². The number of nitrogens with two attached hydrogens (primary N) is 1. The van der Waals surface area contributed by atoms with E-state index in [0.29, 0.717) is 32.1 Å². The van der Waals surface area contributed by atoms with Gasteiger partial charge in [-0.3, -0.25) is 28.8 Å². The minimum absolute atomic E-state index is 0.00664. The standard InChI is InChI=1S/C30H40N2O10/c1-28-11-9-17(33)13-16(28)3-4-18-19-10-12-30(41,29(19,2)14-21(34)26(18)28)22(35)15-42-25(38)8-7-24(37)32-20(27(39)40)5-6-23(31)36/h13,18-20,26,41H,3-12,14-15H2,1-2H3,(H2,31,36)(H,32,37)(H,39,40)/t18?,19?,20?,26?,28-,29-,30-/m0/s1. The number of fused-ring (bicyclic) bond motifs is 5. The van der Waals surface area contributed by atoms with Crippen LogP contribution in [0.2, 0.25) is 0 Å². The first-order chi connectivity index (χ1) is 19.6. The van der Waals surface area contributed by atoms with E-state index in [1.807, 2.05) is 0 Å². The Hall–Kier alpha value is -3.41. The molecule has 4 aliphatic rings. The van der Waals surface area contributed by atoms with Crippen LogP contribution in [-0.2, 0) is 38.3 Å². The third-order valence-corrected chi connectivity index (χ3v) is 10.5. The molecular weight excluding hydrogens is 548 g/mol. The topological polar surface area (TPSA) is 207 Å². The molecule has 0 saturated heterocycles. The van der Waals surface area contributed by atoms with Gasteiger partial charge in [0.15, 0.2) is 12.4 Å². The number of ether oxygens (including phenoxy) is 1. The summed E-state index contributed by atoms with van der Waals surface area (Å²) in [4.78, 5) is 85.7. The van der Waals surface area contributed by atoms with Crippen LogP contribution in [0.5, 0.6) is 0 Å². The number of hydrogen-bond donors (Lipinski definition) is 4. The van der Waals surface area contributed by atoms with Gasteiger partial charge in [-0.05, 0) is 61.9 Å². The molecule has 7 atom stereocenters. The zero-order valence-corrected chi connectivity index (χ0v) is 24.1. The maximum Gasteiger partial charge on any atom is 0.326 e. The number of rotatable bonds is 11. The zero-order chi connectivity index (χ0) is 31.0. The summed E-state index contributed by atoms with van der Waals surface area (Å²) >= 11 is 0. The Bertz CT molecular complexity index is 1240. The molecule has 42 heavy (non-hydrogen) atoms. The summed E-state index contributed by atoms with van der Waals surface area (Å²) in [5, 5.41) is 23.1. The maximum absolute atomic E-state index is 13.7. The van der Waals surface area contributed by atoms with E-state index in [-0.39, 0.29) is 55.0 Å². The van der Waals surface area contributed by atoms with Crippen molar-refractivity contribution in [3.8, 4) is 0 Å². The number of allylic oxidation sites excluding steroid dienone is 1. The number of Topliss-reactive ketones (excluding diaryl/α,β-unsaturated/α-hetero) is 2. The van der Waals surface area contributed by atoms with Crippen molar-refractivity contribution in [1.82, 2.24) is 5.32 Å². The van der Waals surface area contributed by atoms with Crippen LogP contribution in [0.15, 0.2) is 11.6 Å². The summed E-state index contributed by atoms with van der Waals surface area (Å²) in [6.45, 7) is 3.13. The van der Waals surface area contributed by atoms with Crippen molar-refractivity contribution in [3.05, 3.63) is 11.6 Å². The molecule has 0 aromatic heterocycles. The van der Waals surface area contributed by atoms with Crippen LogP contribution < -0.4 is 11.1 Å². The van der Waals surface area contributed by atoms with Gasteiger partial charge in [0.05, 0.1) is 6.42 Å². The first kappa shape index (κ1) is 31.5. The Morgan fingerprint density at radius 2 is 1.79 bits per heavy atom. The number of hydrogen-bond acceptors (Lipinski definition) is 9. The lowest BCUT2D eigenvalue weighted by Crippen LogP contribution is -2.61. The Kier molecular flexibility index (Phi) is 8.78. The number of carboxylic acid groups (broad SMARTS) is 1. The molecule has 0 bridgehead atoms. The maximum atomic E-state index is 13.7. The lowest BCUT2D eigenvalue weighted by Gasteiger charge is -2.57. The smallest absolute Gasteiger partial charge is 0.326 e. The Morgan fingerprint density at radius 3 is 2.45 bits per heavy atom. The third kappa shape index (κ3) is 5.65. The number of nitrogens with one attached hydrogen (secondary N) is 1. The van der Waals surface area contributed by atoms with Crippen LogP contribution in [0.1, 0.15) is 84.5 Å². The normalized spacial score (nSPS) is 34.3. The number of carboxylic acids is 1. The van der Waals surface area contributed by atoms with E-state index in [9.17, 15) is 43.8 Å². The van der Waals surface area contributed by atoms with E-state index >= 15 is 0 Å². The van der Waals surface area contributed by atoms with E-state index in [0.717, 1.165) is 5.57 Å². The van der Waals surface area contributed by atoms with Crippen molar-refractivity contribution in [2.45, 2.75) is 96.1 Å². The van der Waals surface area contributed by atoms with Gasteiger partial charge in [0.2, 0.25) is 17.6 Å². The second-order valence-corrected chi connectivity index (χ2v) is 12.8. The van der Waals surface area contributed by atoms with E-state index in [1.54, 1.807) is 13.0 Å². The van der Waals surface area contributed by atoms with Gasteiger partial charge in [0, 0.05) is 37.0 Å². The molecule has 3 saturated carbocycles. The van der Waals surface area contributed by atoms with Crippen molar-refractivity contribution in [2.24, 2.45) is 34.3 Å². The summed E-state index contributed by atoms with van der Waals surface area (Å²) in [6.07, 6.45) is 3.59. The molecular formula is C30H40N2O10. The average molecular weight is 589 g/mol. The summed E-state index contributed by atoms with van der Waals surface area (Å²) in [7, 11) is 0. The third-order valence-electron chi connectivity index (χ3n) is 10.5. The number of carbonyl (C=O) groups is 7. The predicted molar refractivity (Wildman–Crippen MR) is 145 cm³/mol. The van der Waals surface area contributed by atoms with Gasteiger partial charge in [0.25, 0.3) is 0 Å². The van der Waals surface area contributed by atoms with Gasteiger partial charge in [-0.15, -0.1) is 0 Å². The first-order valence-electron chi connectivity index (χ1n) is 14.6. The number of aliphatic hydroxyl groups is 1. The first-order valence-corrected chi connectivity index (χ1v) is 14.6. The Labute approximate surface area is 243 Å². The van der Waals surface area contributed by atoms with E-state index in [1.165, 1.54) is 0 Å². The van der Waals surface area contributed by atoms with Crippen LogP contribution in [0.3, 0.4) is 0 Å². The molecule has 0 aromatic carbocycles. The van der Waals surface area contributed by atoms with Crippen LogP contribution in [0, 0.1) is 28.6 Å². The zero-order valence-electron chi connectivity index (χ0n) is 24.1. The van der Waals surface area contributed by atoms with Crippen LogP contribution in [-0.4, -0.2) is 69.6 Å². The quantitative estimate of drug-likeness (QED) is 0.253. The fourth-order valence-corrected chi connectivity index (χ4v) is 8.21. The van der Waals surface area contributed by atoms with Gasteiger partial charge in [-0.1, -0.05) is 19.4 Å². The highest BCUT2D eigenvalue weighted by Crippen LogP contribution is 2.66. The molecule has 5 N–H and O–H groups in total. The molecule has 0 aromatic rings. The number of aliphatic carboxylic acids is 1. The average Bonchev–Trinajstić information content (AvgIpc) is 3.19. The number of carbonyl (C=O) groups excluding carboxylic acids is 6. The number of amides is 2. The molecule has 3 fully saturated rings. The van der Waals surface area contributed by atoms with E-state index < -0.39 is 71.5 Å². The lowest BCUT2D eigenvalue weighted by atomic mass is 9.46. The van der Waals surface area contributed by atoms with Crippen molar-refractivity contribution in [1.29, 1.82) is 0 Å². The number of primary amides is 1. The summed E-state index contributed by atoms with van der Waals surface area (Å²) in [5.41, 5.74) is 2.78. The van der Waals surface area contributed by atoms with Gasteiger partial charge >= 0.3 is 11.9 Å². The molecule has 0 spiro atoms. The SMILES string of the molecule is C[C@]12CCC(=O)C=C1CCC1C2C(=O)C[C@@]2(C)C1CC[C@]2(O)C(=O)COC(=O)CCC(=O)NC(CCC(N)=O)C(=O)O. The molecule has 4 unspecified atom stereocenters. The minimum Gasteiger partial charge on any atom is -0.480 e. The molecule has 2 amide bonds. The molecule has 12 nitrogen and oxygen atoms in total. The van der Waals surface area contributed by atoms with Crippen LogP contribution in [0.25, 0.3) is 0 Å². The second-order valence-electron chi connectivity index (χ2n) is 12.8. The van der Waals surface area contributed by atoms with Gasteiger partial charge < -0.3 is 26.0 Å². The molecule has 230 valence electrons. The lowest BCUT2D eigenvalue weighted by molar-refractivity contribution is -0.173. The monoisotopic (exact) mass is 588 g/mol. The molecule has 4 aliphatic carbocycles. The fourth-order valence-electron chi connectivity index (χ4n) is 8.21. The molecule has 0 radical (unpaired) electrons. The van der Waals surface area contributed by atoms with E-state index in [4.69, 9.17) is 10.5 Å². The van der Waals surface area contributed by atoms with Crippen LogP contribution in [0.4, 0.5) is 0 Å². The largest absolute Gasteiger partial charge is 0.480 e. The molecule has 0 heterocycles. The number of esters is 1. The van der Waals surface area contributed by atoms with Crippen molar-refractivity contribution >= 4 is 41.1 Å². The second kappa shape index (κ2) is 11.7. The van der Waals surface area contributed by atoms with Crippen molar-refractivity contribution in [3.63, 3.8) is 0 Å². The fraction of sp³-hybridized carbons (Fsp3) is 0.700. The number of ketones is 3. The molecule has 0 aliphatic heterocycles. The van der Waals surface area contributed by atoms with Gasteiger partial charge in [-0.2, -0.15) is 0 Å². The predicted octanol–water partition coefficient (Wildman–Crippen LogP) is 1.16. The highest BCUT2D eigenvalue weighted by atomic mass is 16.5. The minimum atomic E-state index is -1.86. The molecule has 4 rings (SSSR count). The van der Waals surface area contributed by atoms with Gasteiger partial charge in [-0.25, -0.2) is 4.79 Å². The van der Waals surface area contributed by atoms with Gasteiger partial charge in [0.1, 0.15) is 17.4 Å². The van der Waals surface area contributed by atoms with E-state index in [2.05, 4.69) is 12.2 Å². The van der Waals surface area contributed by atoms with Crippen molar-refractivity contribution < 1.29 is 48.5 Å².